The molecular formula is C21H33N3O6. The van der Waals surface area contributed by atoms with Crippen LogP contribution in [0.4, 0.5) is 4.79 Å². The number of phenols is 1. The van der Waals surface area contributed by atoms with Crippen molar-refractivity contribution in [2.45, 2.75) is 65.3 Å². The zero-order valence-corrected chi connectivity index (χ0v) is 18.4. The summed E-state index contributed by atoms with van der Waals surface area (Å²) in [6.07, 6.45) is -0.855. The molecule has 0 aliphatic carbocycles. The van der Waals surface area contributed by atoms with Gasteiger partial charge in [0, 0.05) is 12.6 Å². The second-order valence-electron chi connectivity index (χ2n) is 8.17. The molecule has 0 aliphatic rings. The van der Waals surface area contributed by atoms with Gasteiger partial charge in [-0.2, -0.15) is 0 Å². The lowest BCUT2D eigenvalue weighted by Gasteiger charge is -2.33. The Morgan fingerprint density at radius 1 is 1.17 bits per heavy atom. The van der Waals surface area contributed by atoms with Crippen LogP contribution >= 0.6 is 0 Å². The van der Waals surface area contributed by atoms with Gasteiger partial charge in [-0.05, 0) is 59.2 Å². The van der Waals surface area contributed by atoms with E-state index in [9.17, 15) is 24.6 Å². The van der Waals surface area contributed by atoms with Crippen LogP contribution in [0.25, 0.3) is 0 Å². The van der Waals surface area contributed by atoms with Crippen molar-refractivity contribution in [2.24, 2.45) is 0 Å². The first-order valence-corrected chi connectivity index (χ1v) is 9.89. The van der Waals surface area contributed by atoms with Gasteiger partial charge >= 0.3 is 6.09 Å². The van der Waals surface area contributed by atoms with Gasteiger partial charge in [0.05, 0.1) is 6.61 Å². The monoisotopic (exact) mass is 423 g/mol. The van der Waals surface area contributed by atoms with Crippen molar-refractivity contribution in [2.75, 3.05) is 13.2 Å². The number of hydrogen-bond acceptors (Lipinski definition) is 6. The van der Waals surface area contributed by atoms with Gasteiger partial charge < -0.3 is 30.5 Å². The van der Waals surface area contributed by atoms with Crippen molar-refractivity contribution < 1.29 is 29.3 Å². The summed E-state index contributed by atoms with van der Waals surface area (Å²) in [7, 11) is 0. The molecule has 2 atom stereocenters. The van der Waals surface area contributed by atoms with Gasteiger partial charge in [-0.3, -0.25) is 9.59 Å². The Labute approximate surface area is 177 Å². The summed E-state index contributed by atoms with van der Waals surface area (Å²) in [6.45, 7) is 9.73. The number of hydrogen-bond donors (Lipinski definition) is 4. The maximum atomic E-state index is 13.1. The van der Waals surface area contributed by atoms with Crippen LogP contribution in [0.3, 0.4) is 0 Å². The van der Waals surface area contributed by atoms with E-state index in [1.807, 2.05) is 0 Å². The largest absolute Gasteiger partial charge is 0.508 e. The number of aromatic hydroxyl groups is 1. The molecule has 9 nitrogen and oxygen atoms in total. The van der Waals surface area contributed by atoms with Gasteiger partial charge in [0.15, 0.2) is 0 Å². The molecule has 0 heterocycles. The highest BCUT2D eigenvalue weighted by Crippen LogP contribution is 2.25. The lowest BCUT2D eigenvalue weighted by atomic mass is 10.0. The molecule has 168 valence electrons. The minimum absolute atomic E-state index is 0.0519. The molecule has 0 fully saturated rings. The first-order valence-electron chi connectivity index (χ1n) is 9.89. The fourth-order valence-corrected chi connectivity index (χ4v) is 2.83. The van der Waals surface area contributed by atoms with E-state index in [1.54, 1.807) is 53.7 Å². The number of aliphatic hydroxyl groups is 1. The van der Waals surface area contributed by atoms with Crippen molar-refractivity contribution in [3.8, 4) is 5.75 Å². The second kappa shape index (κ2) is 10.8. The summed E-state index contributed by atoms with van der Waals surface area (Å²) in [5.41, 5.74) is -0.379. The summed E-state index contributed by atoms with van der Waals surface area (Å²) >= 11 is 0. The van der Waals surface area contributed by atoms with Crippen LogP contribution in [0.1, 0.15) is 53.1 Å². The van der Waals surface area contributed by atoms with E-state index in [2.05, 4.69) is 10.6 Å². The third-order valence-electron chi connectivity index (χ3n) is 3.97. The normalized spacial score (nSPS) is 13.3. The van der Waals surface area contributed by atoms with Gasteiger partial charge in [0.25, 0.3) is 0 Å². The molecule has 0 bridgehead atoms. The number of benzene rings is 1. The Kier molecular flexibility index (Phi) is 9.10. The predicted molar refractivity (Wildman–Crippen MR) is 112 cm³/mol. The van der Waals surface area contributed by atoms with Gasteiger partial charge in [-0.25, -0.2) is 4.79 Å². The molecule has 4 N–H and O–H groups in total. The van der Waals surface area contributed by atoms with Crippen LogP contribution in [0.5, 0.6) is 5.75 Å². The number of nitrogens with one attached hydrogen (secondary N) is 2. The van der Waals surface area contributed by atoms with E-state index in [4.69, 9.17) is 4.74 Å². The number of phenolic OH excluding ortho intramolecular Hbond substituents is 1. The number of carbonyl (C=O) groups is 3. The van der Waals surface area contributed by atoms with Gasteiger partial charge in [-0.15, -0.1) is 0 Å². The lowest BCUT2D eigenvalue weighted by molar-refractivity contribution is -0.143. The Hall–Kier alpha value is -2.81. The average molecular weight is 424 g/mol. The molecule has 0 aromatic heterocycles. The SMILES string of the molecule is CCN(C(=O)C(CO)NC(=O)OC(C)(C)C)C(C(=O)NC(C)C)c1cccc(O)c1. The quantitative estimate of drug-likeness (QED) is 0.504. The summed E-state index contributed by atoms with van der Waals surface area (Å²) in [6, 6.07) is 3.50. The minimum atomic E-state index is -1.30. The molecule has 0 spiro atoms. The van der Waals surface area contributed by atoms with E-state index in [-0.39, 0.29) is 18.3 Å². The van der Waals surface area contributed by atoms with E-state index < -0.39 is 42.2 Å². The predicted octanol–water partition coefficient (Wildman–Crippen LogP) is 1.69. The molecule has 9 heteroatoms. The van der Waals surface area contributed by atoms with Gasteiger partial charge in [0.2, 0.25) is 11.8 Å². The lowest BCUT2D eigenvalue weighted by Crippen LogP contribution is -2.54. The molecule has 0 radical (unpaired) electrons. The fraction of sp³-hybridized carbons (Fsp3) is 0.571. The van der Waals surface area contributed by atoms with Crippen molar-refractivity contribution in [1.29, 1.82) is 0 Å². The van der Waals surface area contributed by atoms with Crippen molar-refractivity contribution in [3.63, 3.8) is 0 Å². The van der Waals surface area contributed by atoms with E-state index >= 15 is 0 Å². The number of nitrogens with zero attached hydrogens (tertiary/aromatic N) is 1. The minimum Gasteiger partial charge on any atom is -0.508 e. The molecular weight excluding hydrogens is 390 g/mol. The van der Waals surface area contributed by atoms with Gasteiger partial charge in [-0.1, -0.05) is 12.1 Å². The van der Waals surface area contributed by atoms with E-state index in [1.165, 1.54) is 17.0 Å². The van der Waals surface area contributed by atoms with Crippen LogP contribution < -0.4 is 10.6 Å². The van der Waals surface area contributed by atoms with Crippen LogP contribution in [0.2, 0.25) is 0 Å². The molecule has 3 amide bonds. The summed E-state index contributed by atoms with van der Waals surface area (Å²) in [4.78, 5) is 39.4. The maximum absolute atomic E-state index is 13.1. The highest BCUT2D eigenvalue weighted by atomic mass is 16.6. The van der Waals surface area contributed by atoms with E-state index in [0.29, 0.717) is 5.56 Å². The second-order valence-corrected chi connectivity index (χ2v) is 8.17. The topological polar surface area (TPSA) is 128 Å². The summed E-state index contributed by atoms with van der Waals surface area (Å²) in [5, 5.41) is 24.7. The average Bonchev–Trinajstić information content (AvgIpc) is 2.61. The van der Waals surface area contributed by atoms with Gasteiger partial charge in [0.1, 0.15) is 23.4 Å². The first-order chi connectivity index (χ1) is 13.9. The summed E-state index contributed by atoms with van der Waals surface area (Å²) < 4.78 is 5.15. The maximum Gasteiger partial charge on any atom is 0.408 e. The number of aliphatic hydroxyl groups excluding tert-OH is 1. The zero-order chi connectivity index (χ0) is 23.1. The van der Waals surface area contributed by atoms with Crippen molar-refractivity contribution >= 4 is 17.9 Å². The molecule has 1 aromatic carbocycles. The van der Waals surface area contributed by atoms with Crippen molar-refractivity contribution in [3.05, 3.63) is 29.8 Å². The van der Waals surface area contributed by atoms with Crippen LogP contribution in [0, 0.1) is 0 Å². The molecule has 30 heavy (non-hydrogen) atoms. The molecule has 0 saturated carbocycles. The Balaban J connectivity index is 3.22. The Morgan fingerprint density at radius 2 is 1.80 bits per heavy atom. The molecule has 0 saturated heterocycles. The number of carbonyl (C=O) groups excluding carboxylic acids is 3. The van der Waals surface area contributed by atoms with Crippen LogP contribution in [-0.2, 0) is 14.3 Å². The number of amides is 3. The number of alkyl carbamates (subject to hydrolysis) is 1. The number of rotatable bonds is 8. The number of ether oxygens (including phenoxy) is 1. The highest BCUT2D eigenvalue weighted by Gasteiger charge is 2.35. The standard InChI is InChI=1S/C21H33N3O6/c1-7-24(19(28)16(12-25)23-20(29)30-21(4,5)6)17(18(27)22-13(2)3)14-9-8-10-15(26)11-14/h8-11,13,16-17,25-26H,7,12H2,1-6H3,(H,22,27)(H,23,29). The molecule has 1 rings (SSSR count). The third-order valence-corrected chi connectivity index (χ3v) is 3.97. The zero-order valence-electron chi connectivity index (χ0n) is 18.4. The fourth-order valence-electron chi connectivity index (χ4n) is 2.83. The molecule has 1 aromatic rings. The van der Waals surface area contributed by atoms with E-state index in [0.717, 1.165) is 0 Å². The van der Waals surface area contributed by atoms with Crippen molar-refractivity contribution in [1.82, 2.24) is 15.5 Å². The Bertz CT molecular complexity index is 745. The smallest absolute Gasteiger partial charge is 0.408 e. The first kappa shape index (κ1) is 25.2. The third kappa shape index (κ3) is 7.55. The molecule has 2 unspecified atom stereocenters. The Morgan fingerprint density at radius 3 is 2.27 bits per heavy atom. The summed E-state index contributed by atoms with van der Waals surface area (Å²) in [5.74, 6) is -1.15. The van der Waals surface area contributed by atoms with Crippen LogP contribution in [0.15, 0.2) is 24.3 Å². The van der Waals surface area contributed by atoms with Crippen LogP contribution in [-0.4, -0.2) is 63.9 Å². The molecule has 0 aliphatic heterocycles. The number of likely N-dealkylation sites (N-methyl/N-ethyl adjacent to an activating group) is 1. The highest BCUT2D eigenvalue weighted by molar-refractivity contribution is 5.92.